The summed E-state index contributed by atoms with van der Waals surface area (Å²) in [4.78, 5) is 31.6. The van der Waals surface area contributed by atoms with Gasteiger partial charge in [0.25, 0.3) is 10.0 Å². The lowest BCUT2D eigenvalue weighted by Crippen LogP contribution is -2.31. The molecule has 0 radical (unpaired) electrons. The lowest BCUT2D eigenvalue weighted by molar-refractivity contribution is -0.117. The number of carbonyl (C=O) groups excluding carboxylic acids is 2. The number of amides is 3. The van der Waals surface area contributed by atoms with Crippen LogP contribution in [-0.2, 0) is 14.8 Å². The van der Waals surface area contributed by atoms with Gasteiger partial charge in [-0.3, -0.25) is 9.69 Å². The van der Waals surface area contributed by atoms with Crippen molar-refractivity contribution in [2.45, 2.75) is 24.0 Å². The number of hydrogen-bond acceptors (Lipinski definition) is 6. The summed E-state index contributed by atoms with van der Waals surface area (Å²) in [6.45, 7) is 2.30. The van der Waals surface area contributed by atoms with E-state index in [4.69, 9.17) is 0 Å². The Kier molecular flexibility index (Phi) is 5.92. The number of aryl methyl sites for hydroxylation is 1. The summed E-state index contributed by atoms with van der Waals surface area (Å²) in [5, 5.41) is 3.03. The molecule has 3 rings (SSSR count). The first-order valence-corrected chi connectivity index (χ1v) is 11.2. The smallest absolute Gasteiger partial charge is 0.312 e. The summed E-state index contributed by atoms with van der Waals surface area (Å²) in [5.41, 5.74) is 1.71. The van der Waals surface area contributed by atoms with E-state index in [1.807, 2.05) is 0 Å². The zero-order valence-corrected chi connectivity index (χ0v) is 18.3. The van der Waals surface area contributed by atoms with Crippen LogP contribution >= 0.6 is 11.3 Å². The molecule has 3 amide bonds. The van der Waals surface area contributed by atoms with Crippen LogP contribution in [0, 0.1) is 6.92 Å². The third kappa shape index (κ3) is 4.26. The number of urea groups is 1. The zero-order valence-electron chi connectivity index (χ0n) is 16.7. The summed E-state index contributed by atoms with van der Waals surface area (Å²) in [6.07, 6.45) is 1.41. The predicted molar refractivity (Wildman–Crippen MR) is 113 cm³/mol. The van der Waals surface area contributed by atoms with Gasteiger partial charge in [0.05, 0.1) is 5.69 Å². The summed E-state index contributed by atoms with van der Waals surface area (Å²) in [7, 11) is 0.798. The highest BCUT2D eigenvalue weighted by Gasteiger charge is 2.27. The lowest BCUT2D eigenvalue weighted by atomic mass is 10.2. The van der Waals surface area contributed by atoms with Crippen molar-refractivity contribution in [3.8, 4) is 0 Å². The molecule has 1 aliphatic rings. The van der Waals surface area contributed by atoms with Gasteiger partial charge in [0, 0.05) is 45.5 Å². The first-order valence-electron chi connectivity index (χ1n) is 8.96. The van der Waals surface area contributed by atoms with Gasteiger partial charge in [-0.25, -0.2) is 22.5 Å². The van der Waals surface area contributed by atoms with Crippen LogP contribution in [0.2, 0.25) is 0 Å². The minimum atomic E-state index is -3.62. The Morgan fingerprint density at radius 1 is 1.21 bits per heavy atom. The minimum Gasteiger partial charge on any atom is -0.312 e. The van der Waals surface area contributed by atoms with Crippen LogP contribution in [0.1, 0.15) is 18.5 Å². The molecule has 9 nitrogen and oxygen atoms in total. The Hall–Kier alpha value is -2.50. The fourth-order valence-corrected chi connectivity index (χ4v) is 5.46. The number of thiazole rings is 1. The van der Waals surface area contributed by atoms with Gasteiger partial charge in [0.15, 0.2) is 9.34 Å². The highest BCUT2D eigenvalue weighted by molar-refractivity contribution is 7.91. The molecule has 11 heteroatoms. The maximum absolute atomic E-state index is 12.6. The highest BCUT2D eigenvalue weighted by atomic mass is 32.2. The molecule has 0 saturated carbocycles. The van der Waals surface area contributed by atoms with Crippen molar-refractivity contribution >= 4 is 49.8 Å². The highest BCUT2D eigenvalue weighted by Crippen LogP contribution is 2.31. The van der Waals surface area contributed by atoms with Gasteiger partial charge in [0.2, 0.25) is 5.91 Å². The molecule has 1 N–H and O–H groups in total. The number of aromatic nitrogens is 1. The molecule has 1 aliphatic heterocycles. The Morgan fingerprint density at radius 3 is 2.41 bits per heavy atom. The second kappa shape index (κ2) is 8.09. The van der Waals surface area contributed by atoms with E-state index >= 15 is 0 Å². The summed E-state index contributed by atoms with van der Waals surface area (Å²) in [6, 6.07) is 6.57. The maximum Gasteiger partial charge on any atom is 0.327 e. The quantitative estimate of drug-likeness (QED) is 0.774. The molecule has 0 unspecified atom stereocenters. The number of hydrogen-bond donors (Lipinski definition) is 1. The summed E-state index contributed by atoms with van der Waals surface area (Å²) < 4.78 is 25.9. The van der Waals surface area contributed by atoms with E-state index in [9.17, 15) is 18.0 Å². The Labute approximate surface area is 174 Å². The molecule has 0 atom stereocenters. The molecule has 1 aromatic carbocycles. The number of sulfonamides is 1. The van der Waals surface area contributed by atoms with Crippen molar-refractivity contribution in [1.29, 1.82) is 0 Å². The van der Waals surface area contributed by atoms with Gasteiger partial charge in [0.1, 0.15) is 0 Å². The largest absolute Gasteiger partial charge is 0.327 e. The van der Waals surface area contributed by atoms with Crippen molar-refractivity contribution in [3.05, 3.63) is 30.0 Å². The zero-order chi connectivity index (χ0) is 21.3. The molecule has 156 valence electrons. The van der Waals surface area contributed by atoms with E-state index in [1.54, 1.807) is 36.1 Å². The molecule has 0 aliphatic carbocycles. The maximum atomic E-state index is 12.6. The number of carbonyl (C=O) groups is 2. The van der Waals surface area contributed by atoms with Crippen molar-refractivity contribution in [3.63, 3.8) is 0 Å². The molecule has 2 heterocycles. The number of nitrogens with one attached hydrogen (secondary N) is 1. The molecule has 1 aromatic heterocycles. The second-order valence-electron chi connectivity index (χ2n) is 6.84. The van der Waals surface area contributed by atoms with E-state index < -0.39 is 16.1 Å². The number of rotatable bonds is 5. The Balaban J connectivity index is 1.72. The van der Waals surface area contributed by atoms with Crippen LogP contribution in [0.4, 0.5) is 21.3 Å². The normalized spacial score (nSPS) is 14.5. The van der Waals surface area contributed by atoms with E-state index in [0.29, 0.717) is 24.3 Å². The molecule has 29 heavy (non-hydrogen) atoms. The van der Waals surface area contributed by atoms with Crippen LogP contribution in [0.3, 0.4) is 0 Å². The van der Waals surface area contributed by atoms with Crippen LogP contribution in [0.25, 0.3) is 0 Å². The molecule has 0 spiro atoms. The number of benzene rings is 1. The van der Waals surface area contributed by atoms with Crippen molar-refractivity contribution < 1.29 is 18.0 Å². The fraction of sp³-hybridized carbons (Fsp3) is 0.389. The van der Waals surface area contributed by atoms with E-state index in [0.717, 1.165) is 27.8 Å². The molecule has 0 bridgehead atoms. The molecular formula is C18H23N5O4S2. The Morgan fingerprint density at radius 2 is 1.86 bits per heavy atom. The number of nitrogens with zero attached hydrogens (tertiary/aromatic N) is 4. The topological polar surface area (TPSA) is 103 Å². The summed E-state index contributed by atoms with van der Waals surface area (Å²) >= 11 is 0.941. The van der Waals surface area contributed by atoms with Gasteiger partial charge in [-0.1, -0.05) is 11.3 Å². The average molecular weight is 438 g/mol. The van der Waals surface area contributed by atoms with Gasteiger partial charge in [-0.05, 0) is 37.6 Å². The third-order valence-electron chi connectivity index (χ3n) is 4.55. The Bertz CT molecular complexity index is 1030. The molecule has 2 aromatic rings. The second-order valence-corrected chi connectivity index (χ2v) is 10.2. The van der Waals surface area contributed by atoms with E-state index in [1.165, 1.54) is 26.0 Å². The van der Waals surface area contributed by atoms with Crippen molar-refractivity contribution in [2.75, 3.05) is 42.8 Å². The SMILES string of the molecule is Cc1nc(N(C)C(=O)Nc2ccc(N3CCCC3=O)cc2)sc1S(=O)(=O)N(C)C. The van der Waals surface area contributed by atoms with Crippen molar-refractivity contribution in [1.82, 2.24) is 9.29 Å². The predicted octanol–water partition coefficient (Wildman–Crippen LogP) is 2.50. The van der Waals surface area contributed by atoms with Gasteiger partial charge >= 0.3 is 6.03 Å². The minimum absolute atomic E-state index is 0.101. The van der Waals surface area contributed by atoms with Gasteiger partial charge in [-0.15, -0.1) is 0 Å². The number of anilines is 3. The first kappa shape index (κ1) is 21.2. The molecule has 1 fully saturated rings. The average Bonchev–Trinajstić information content (AvgIpc) is 3.27. The van der Waals surface area contributed by atoms with Crippen LogP contribution in [-0.4, -0.2) is 57.3 Å². The molecular weight excluding hydrogens is 414 g/mol. The van der Waals surface area contributed by atoms with Gasteiger partial charge in [-0.2, -0.15) is 0 Å². The van der Waals surface area contributed by atoms with Crippen LogP contribution in [0.15, 0.2) is 28.5 Å². The first-order chi connectivity index (χ1) is 13.6. The monoisotopic (exact) mass is 437 g/mol. The standard InChI is InChI=1S/C18H23N5O4S2/c1-12-16(29(26,27)21(2)3)28-18(19-12)22(4)17(25)20-13-7-9-14(10-8-13)23-11-5-6-15(23)24/h7-10H,5-6,11H2,1-4H3,(H,20,25). The molecule has 1 saturated heterocycles. The van der Waals surface area contributed by atoms with Gasteiger partial charge < -0.3 is 10.2 Å². The van der Waals surface area contributed by atoms with E-state index in [-0.39, 0.29) is 15.2 Å². The third-order valence-corrected chi connectivity index (χ3v) is 8.19. The van der Waals surface area contributed by atoms with Crippen LogP contribution in [0.5, 0.6) is 0 Å². The lowest BCUT2D eigenvalue weighted by Gasteiger charge is -2.17. The van der Waals surface area contributed by atoms with Crippen molar-refractivity contribution in [2.24, 2.45) is 0 Å². The summed E-state index contributed by atoms with van der Waals surface area (Å²) in [5.74, 6) is 0.101. The van der Waals surface area contributed by atoms with E-state index in [2.05, 4.69) is 10.3 Å². The fourth-order valence-electron chi connectivity index (χ4n) is 2.86. The van der Waals surface area contributed by atoms with Crippen LogP contribution < -0.4 is 15.1 Å².